The van der Waals surface area contributed by atoms with Crippen LogP contribution in [0.5, 0.6) is 0 Å². The second-order valence-corrected chi connectivity index (χ2v) is 6.29. The summed E-state index contributed by atoms with van der Waals surface area (Å²) in [6.45, 7) is 4.20. The highest BCUT2D eigenvalue weighted by Gasteiger charge is 2.48. The summed E-state index contributed by atoms with van der Waals surface area (Å²) in [7, 11) is 1.36. The van der Waals surface area contributed by atoms with Crippen LogP contribution >= 0.6 is 0 Å². The minimum absolute atomic E-state index is 0.0147. The predicted octanol–water partition coefficient (Wildman–Crippen LogP) is 1.53. The Morgan fingerprint density at radius 3 is 2.70 bits per heavy atom. The van der Waals surface area contributed by atoms with Crippen LogP contribution in [0.15, 0.2) is 11.8 Å². The summed E-state index contributed by atoms with van der Waals surface area (Å²) in [5.41, 5.74) is 0.542. The minimum Gasteiger partial charge on any atom is -0.466 e. The van der Waals surface area contributed by atoms with Gasteiger partial charge in [0.15, 0.2) is 0 Å². The lowest BCUT2D eigenvalue weighted by Gasteiger charge is -2.36. The second-order valence-electron chi connectivity index (χ2n) is 6.29. The van der Waals surface area contributed by atoms with E-state index in [1.165, 1.54) is 13.4 Å². The average molecular weight is 325 g/mol. The Bertz CT molecular complexity index is 499. The number of esters is 1. The molecule has 4 unspecified atom stereocenters. The number of hydrogen-bond acceptors (Lipinski definition) is 6. The van der Waals surface area contributed by atoms with Gasteiger partial charge in [0.25, 0.3) is 0 Å². The van der Waals surface area contributed by atoms with E-state index in [0.29, 0.717) is 37.8 Å². The van der Waals surface area contributed by atoms with Crippen molar-refractivity contribution in [3.8, 4) is 0 Å². The number of carbonyl (C=O) groups excluding carboxylic acids is 2. The number of rotatable bonds is 2. The van der Waals surface area contributed by atoms with Gasteiger partial charge in [0.05, 0.1) is 32.2 Å². The van der Waals surface area contributed by atoms with Gasteiger partial charge in [-0.2, -0.15) is 0 Å². The highest BCUT2D eigenvalue weighted by Crippen LogP contribution is 2.46. The molecule has 0 bridgehead atoms. The van der Waals surface area contributed by atoms with Crippen LogP contribution in [-0.2, 0) is 23.7 Å². The van der Waals surface area contributed by atoms with Gasteiger partial charge in [0.2, 0.25) is 6.29 Å². The van der Waals surface area contributed by atoms with Gasteiger partial charge in [-0.05, 0) is 18.8 Å². The van der Waals surface area contributed by atoms with E-state index in [1.54, 1.807) is 4.90 Å². The van der Waals surface area contributed by atoms with Gasteiger partial charge in [0, 0.05) is 24.9 Å². The van der Waals surface area contributed by atoms with Crippen molar-refractivity contribution < 1.29 is 28.5 Å². The van der Waals surface area contributed by atoms with Gasteiger partial charge < -0.3 is 23.8 Å². The van der Waals surface area contributed by atoms with Gasteiger partial charge >= 0.3 is 12.1 Å². The van der Waals surface area contributed by atoms with Crippen molar-refractivity contribution in [3.05, 3.63) is 11.8 Å². The van der Waals surface area contributed by atoms with E-state index in [4.69, 9.17) is 18.9 Å². The second kappa shape index (κ2) is 6.78. The molecule has 7 heteroatoms. The Hall–Kier alpha value is -1.76. The SMILES string of the molecule is COC(=O)C1=COC(OC(=O)N2CCOCC2)C2C(C)CCC12. The van der Waals surface area contributed by atoms with Crippen LogP contribution in [0.25, 0.3) is 0 Å². The number of fused-ring (bicyclic) bond motifs is 1. The zero-order chi connectivity index (χ0) is 16.4. The summed E-state index contributed by atoms with van der Waals surface area (Å²) in [5, 5.41) is 0. The van der Waals surface area contributed by atoms with Gasteiger partial charge in [-0.15, -0.1) is 0 Å². The summed E-state index contributed by atoms with van der Waals surface area (Å²) in [5.74, 6) is -0.0457. The molecule has 3 rings (SSSR count). The molecule has 128 valence electrons. The van der Waals surface area contributed by atoms with Crippen molar-refractivity contribution in [1.29, 1.82) is 0 Å². The van der Waals surface area contributed by atoms with Gasteiger partial charge in [0.1, 0.15) is 0 Å². The fourth-order valence-electron chi connectivity index (χ4n) is 3.71. The molecular weight excluding hydrogens is 302 g/mol. The molecule has 4 atom stereocenters. The topological polar surface area (TPSA) is 74.3 Å². The Balaban J connectivity index is 1.71. The van der Waals surface area contributed by atoms with Crippen LogP contribution < -0.4 is 0 Å². The summed E-state index contributed by atoms with van der Waals surface area (Å²) < 4.78 is 21.2. The standard InChI is InChI=1S/C16H23NO6/c1-10-3-4-11-12(14(18)20-2)9-22-15(13(10)11)23-16(19)17-5-7-21-8-6-17/h9-11,13,15H,3-8H2,1-2H3. The van der Waals surface area contributed by atoms with Crippen LogP contribution in [0, 0.1) is 17.8 Å². The van der Waals surface area contributed by atoms with E-state index in [-0.39, 0.29) is 23.9 Å². The largest absolute Gasteiger partial charge is 0.466 e. The summed E-state index contributed by atoms with van der Waals surface area (Å²) in [6, 6.07) is 0. The highest BCUT2D eigenvalue weighted by atomic mass is 16.7. The molecule has 2 fully saturated rings. The van der Waals surface area contributed by atoms with Gasteiger partial charge in [-0.1, -0.05) is 6.92 Å². The molecule has 0 N–H and O–H groups in total. The molecule has 7 nitrogen and oxygen atoms in total. The van der Waals surface area contributed by atoms with Crippen molar-refractivity contribution in [2.24, 2.45) is 17.8 Å². The maximum absolute atomic E-state index is 12.3. The van der Waals surface area contributed by atoms with E-state index in [9.17, 15) is 9.59 Å². The molecular formula is C16H23NO6. The third-order valence-electron chi connectivity index (χ3n) is 5.00. The summed E-state index contributed by atoms with van der Waals surface area (Å²) >= 11 is 0. The molecule has 0 radical (unpaired) electrons. The monoisotopic (exact) mass is 325 g/mol. The number of methoxy groups -OCH3 is 1. The van der Waals surface area contributed by atoms with Crippen molar-refractivity contribution >= 4 is 12.1 Å². The number of morpholine rings is 1. The number of hydrogen-bond donors (Lipinski definition) is 0. The van der Waals surface area contributed by atoms with E-state index in [2.05, 4.69) is 6.92 Å². The van der Waals surface area contributed by atoms with Crippen molar-refractivity contribution in [2.75, 3.05) is 33.4 Å². The molecule has 1 saturated heterocycles. The Labute approximate surface area is 135 Å². The van der Waals surface area contributed by atoms with Crippen LogP contribution in [0.4, 0.5) is 4.79 Å². The first-order chi connectivity index (χ1) is 11.1. The molecule has 23 heavy (non-hydrogen) atoms. The first-order valence-electron chi connectivity index (χ1n) is 8.09. The fourth-order valence-corrected chi connectivity index (χ4v) is 3.71. The number of amides is 1. The van der Waals surface area contributed by atoms with Crippen LogP contribution in [-0.4, -0.2) is 56.7 Å². The molecule has 2 aliphatic heterocycles. The molecule has 3 aliphatic rings. The highest BCUT2D eigenvalue weighted by molar-refractivity contribution is 5.89. The number of carbonyl (C=O) groups is 2. The number of ether oxygens (including phenoxy) is 4. The molecule has 0 aromatic rings. The van der Waals surface area contributed by atoms with E-state index in [1.807, 2.05) is 0 Å². The third-order valence-corrected chi connectivity index (χ3v) is 5.00. The minimum atomic E-state index is -0.652. The zero-order valence-corrected chi connectivity index (χ0v) is 13.5. The van der Waals surface area contributed by atoms with Crippen LogP contribution in [0.2, 0.25) is 0 Å². The van der Waals surface area contributed by atoms with Gasteiger partial charge in [-0.3, -0.25) is 0 Å². The quantitative estimate of drug-likeness (QED) is 0.717. The van der Waals surface area contributed by atoms with Crippen LogP contribution in [0.3, 0.4) is 0 Å². The lowest BCUT2D eigenvalue weighted by Crippen LogP contribution is -2.45. The van der Waals surface area contributed by atoms with Crippen LogP contribution in [0.1, 0.15) is 19.8 Å². The fraction of sp³-hybridized carbons (Fsp3) is 0.750. The molecule has 0 spiro atoms. The molecule has 1 amide bonds. The lowest BCUT2D eigenvalue weighted by molar-refractivity contribution is -0.148. The summed E-state index contributed by atoms with van der Waals surface area (Å²) in [4.78, 5) is 25.8. The Morgan fingerprint density at radius 1 is 1.26 bits per heavy atom. The van der Waals surface area contributed by atoms with Crippen molar-refractivity contribution in [1.82, 2.24) is 4.90 Å². The number of nitrogens with zero attached hydrogens (tertiary/aromatic N) is 1. The summed E-state index contributed by atoms with van der Waals surface area (Å²) in [6.07, 6.45) is 2.22. The maximum Gasteiger partial charge on any atom is 0.413 e. The normalized spacial score (nSPS) is 33.3. The Morgan fingerprint density at radius 2 is 2.00 bits per heavy atom. The van der Waals surface area contributed by atoms with E-state index in [0.717, 1.165) is 12.8 Å². The first-order valence-corrected chi connectivity index (χ1v) is 8.09. The first kappa shape index (κ1) is 16.1. The average Bonchev–Trinajstić information content (AvgIpc) is 2.97. The molecule has 1 aliphatic carbocycles. The van der Waals surface area contributed by atoms with E-state index < -0.39 is 6.29 Å². The van der Waals surface area contributed by atoms with Crippen molar-refractivity contribution in [3.63, 3.8) is 0 Å². The molecule has 0 aromatic carbocycles. The predicted molar refractivity (Wildman–Crippen MR) is 79.2 cm³/mol. The molecule has 1 saturated carbocycles. The molecule has 2 heterocycles. The maximum atomic E-state index is 12.3. The smallest absolute Gasteiger partial charge is 0.413 e. The Kier molecular flexibility index (Phi) is 4.75. The lowest BCUT2D eigenvalue weighted by atomic mass is 9.83. The van der Waals surface area contributed by atoms with E-state index >= 15 is 0 Å². The molecule has 0 aromatic heterocycles. The third kappa shape index (κ3) is 3.15. The van der Waals surface area contributed by atoms with Crippen molar-refractivity contribution in [2.45, 2.75) is 26.1 Å². The van der Waals surface area contributed by atoms with Gasteiger partial charge in [-0.25, -0.2) is 9.59 Å². The zero-order valence-electron chi connectivity index (χ0n) is 13.5.